The fraction of sp³-hybridized carbons (Fsp3) is 0.286. The van der Waals surface area contributed by atoms with E-state index in [-0.39, 0.29) is 11.0 Å². The van der Waals surface area contributed by atoms with Gasteiger partial charge in [0.2, 0.25) is 0 Å². The van der Waals surface area contributed by atoms with Crippen molar-refractivity contribution in [2.45, 2.75) is 12.6 Å². The summed E-state index contributed by atoms with van der Waals surface area (Å²) < 4.78 is 38.3. The van der Waals surface area contributed by atoms with Crippen molar-refractivity contribution in [1.29, 1.82) is 0 Å². The van der Waals surface area contributed by atoms with Gasteiger partial charge in [-0.15, -0.1) is 0 Å². The van der Waals surface area contributed by atoms with Crippen LogP contribution in [-0.4, -0.2) is 23.6 Å². The highest BCUT2D eigenvalue weighted by atomic mass is 35.5. The largest absolute Gasteiger partial charge is 0.416 e. The molecular formula is C14H13ClF3N3. The van der Waals surface area contributed by atoms with Crippen LogP contribution in [0, 0.1) is 0 Å². The van der Waals surface area contributed by atoms with Crippen LogP contribution >= 0.6 is 11.6 Å². The Morgan fingerprint density at radius 3 is 2.48 bits per heavy atom. The van der Waals surface area contributed by atoms with Crippen LogP contribution in [0.15, 0.2) is 36.7 Å². The first kappa shape index (κ1) is 15.6. The summed E-state index contributed by atoms with van der Waals surface area (Å²) >= 11 is 5.67. The number of hydrogen-bond acceptors (Lipinski definition) is 3. The summed E-state index contributed by atoms with van der Waals surface area (Å²) in [5, 5.41) is -0.171. The number of nitrogens with zero attached hydrogens (tertiary/aromatic N) is 3. The van der Waals surface area contributed by atoms with Crippen LogP contribution in [0.3, 0.4) is 0 Å². The Morgan fingerprint density at radius 2 is 1.86 bits per heavy atom. The molecule has 0 aliphatic heterocycles. The summed E-state index contributed by atoms with van der Waals surface area (Å²) in [6.45, 7) is 0.522. The highest BCUT2D eigenvalue weighted by Gasteiger charge is 2.31. The van der Waals surface area contributed by atoms with Crippen LogP contribution in [0.25, 0.3) is 0 Å². The number of anilines is 1. The first-order valence-electron chi connectivity index (χ1n) is 6.21. The van der Waals surface area contributed by atoms with Crippen LogP contribution < -0.4 is 4.90 Å². The minimum atomic E-state index is -4.44. The molecule has 0 saturated heterocycles. The van der Waals surface area contributed by atoms with Gasteiger partial charge in [0.1, 0.15) is 11.0 Å². The van der Waals surface area contributed by atoms with E-state index in [1.54, 1.807) is 24.3 Å². The van der Waals surface area contributed by atoms with Gasteiger partial charge in [-0.1, -0.05) is 11.6 Å². The lowest BCUT2D eigenvalue weighted by molar-refractivity contribution is -0.137. The third kappa shape index (κ3) is 4.32. The Hall–Kier alpha value is -1.82. The maximum absolute atomic E-state index is 12.8. The van der Waals surface area contributed by atoms with Crippen LogP contribution in [0.5, 0.6) is 0 Å². The summed E-state index contributed by atoms with van der Waals surface area (Å²) in [5.41, 5.74) is 0.253. The van der Waals surface area contributed by atoms with E-state index in [0.29, 0.717) is 13.0 Å². The molecule has 3 nitrogen and oxygen atoms in total. The molecular weight excluding hydrogens is 303 g/mol. The molecule has 0 radical (unpaired) electrons. The molecule has 0 aromatic carbocycles. The highest BCUT2D eigenvalue weighted by molar-refractivity contribution is 6.29. The fourth-order valence-electron chi connectivity index (χ4n) is 1.80. The molecule has 2 rings (SSSR count). The molecule has 0 unspecified atom stereocenters. The summed E-state index contributed by atoms with van der Waals surface area (Å²) in [7, 11) is 1.68. The maximum Gasteiger partial charge on any atom is 0.416 e. The van der Waals surface area contributed by atoms with Crippen molar-refractivity contribution in [2.24, 2.45) is 0 Å². The van der Waals surface area contributed by atoms with E-state index >= 15 is 0 Å². The van der Waals surface area contributed by atoms with Gasteiger partial charge in [-0.3, -0.25) is 4.98 Å². The van der Waals surface area contributed by atoms with Gasteiger partial charge in [0, 0.05) is 26.0 Å². The standard InChI is InChI=1S/C14H13ClF3N3/c1-21(7-4-10-2-5-19-6-3-10)13-9-11(14(16,17)18)8-12(15)20-13/h2-3,5-6,8-9H,4,7H2,1H3. The summed E-state index contributed by atoms with van der Waals surface area (Å²) in [5.74, 6) is 0.198. The molecule has 0 aliphatic rings. The highest BCUT2D eigenvalue weighted by Crippen LogP contribution is 2.32. The molecule has 0 aliphatic carbocycles. The predicted molar refractivity (Wildman–Crippen MR) is 75.5 cm³/mol. The number of pyridine rings is 2. The van der Waals surface area contributed by atoms with E-state index in [2.05, 4.69) is 9.97 Å². The molecule has 0 amide bonds. The van der Waals surface area contributed by atoms with Crippen molar-refractivity contribution in [3.8, 4) is 0 Å². The average molecular weight is 316 g/mol. The van der Waals surface area contributed by atoms with Crippen molar-refractivity contribution in [3.05, 3.63) is 52.9 Å². The van der Waals surface area contributed by atoms with Gasteiger partial charge in [0.05, 0.1) is 5.56 Å². The lowest BCUT2D eigenvalue weighted by Crippen LogP contribution is -2.22. The molecule has 0 saturated carbocycles. The number of alkyl halides is 3. The van der Waals surface area contributed by atoms with E-state index in [4.69, 9.17) is 11.6 Å². The molecule has 2 aromatic rings. The third-order valence-corrected chi connectivity index (χ3v) is 3.18. The Bertz CT molecular complexity index is 602. The van der Waals surface area contributed by atoms with Crippen molar-refractivity contribution in [3.63, 3.8) is 0 Å². The van der Waals surface area contributed by atoms with Gasteiger partial charge in [0.25, 0.3) is 0 Å². The Labute approximate surface area is 125 Å². The minimum absolute atomic E-state index is 0.171. The SMILES string of the molecule is CN(CCc1ccncc1)c1cc(C(F)(F)F)cc(Cl)n1. The van der Waals surface area contributed by atoms with E-state index < -0.39 is 11.7 Å². The number of likely N-dealkylation sites (N-methyl/N-ethyl adjacent to an activating group) is 1. The Kier molecular flexibility index (Phi) is 4.67. The van der Waals surface area contributed by atoms with Gasteiger partial charge in [-0.25, -0.2) is 4.98 Å². The third-order valence-electron chi connectivity index (χ3n) is 2.98. The van der Waals surface area contributed by atoms with Gasteiger partial charge in [-0.05, 0) is 36.2 Å². The molecule has 112 valence electrons. The Balaban J connectivity index is 2.12. The van der Waals surface area contributed by atoms with Gasteiger partial charge >= 0.3 is 6.18 Å². The molecule has 7 heteroatoms. The van der Waals surface area contributed by atoms with Gasteiger partial charge in [-0.2, -0.15) is 13.2 Å². The lowest BCUT2D eigenvalue weighted by Gasteiger charge is -2.19. The van der Waals surface area contributed by atoms with E-state index in [0.717, 1.165) is 17.7 Å². The molecule has 0 atom stereocenters. The van der Waals surface area contributed by atoms with Crippen molar-refractivity contribution in [2.75, 3.05) is 18.5 Å². The second-order valence-electron chi connectivity index (χ2n) is 4.56. The Morgan fingerprint density at radius 1 is 1.19 bits per heavy atom. The summed E-state index contributed by atoms with van der Waals surface area (Å²) in [6, 6.07) is 5.54. The average Bonchev–Trinajstić information content (AvgIpc) is 2.44. The molecule has 2 aromatic heterocycles. The van der Waals surface area contributed by atoms with Crippen molar-refractivity contribution in [1.82, 2.24) is 9.97 Å². The monoisotopic (exact) mass is 315 g/mol. The van der Waals surface area contributed by atoms with Crippen LogP contribution in [0.1, 0.15) is 11.1 Å². The number of hydrogen-bond donors (Lipinski definition) is 0. The lowest BCUT2D eigenvalue weighted by atomic mass is 10.2. The van der Waals surface area contributed by atoms with Gasteiger partial charge in [0.15, 0.2) is 0 Å². The fourth-order valence-corrected chi connectivity index (χ4v) is 2.01. The zero-order valence-electron chi connectivity index (χ0n) is 11.2. The summed E-state index contributed by atoms with van der Waals surface area (Å²) in [4.78, 5) is 9.49. The smallest absolute Gasteiger partial charge is 0.359 e. The second kappa shape index (κ2) is 6.30. The van der Waals surface area contributed by atoms with Crippen LogP contribution in [0.4, 0.5) is 19.0 Å². The van der Waals surface area contributed by atoms with Crippen LogP contribution in [0.2, 0.25) is 5.15 Å². The zero-order valence-corrected chi connectivity index (χ0v) is 12.0. The molecule has 2 heterocycles. The normalized spacial score (nSPS) is 11.5. The zero-order chi connectivity index (χ0) is 15.5. The topological polar surface area (TPSA) is 29.0 Å². The molecule has 0 bridgehead atoms. The predicted octanol–water partition coefficient (Wildman–Crippen LogP) is 3.83. The molecule has 0 N–H and O–H groups in total. The van der Waals surface area contributed by atoms with Crippen LogP contribution in [-0.2, 0) is 12.6 Å². The van der Waals surface area contributed by atoms with Crippen molar-refractivity contribution >= 4 is 17.4 Å². The molecule has 0 spiro atoms. The van der Waals surface area contributed by atoms with E-state index in [1.165, 1.54) is 0 Å². The quantitative estimate of drug-likeness (QED) is 0.803. The van der Waals surface area contributed by atoms with Gasteiger partial charge < -0.3 is 4.90 Å². The summed E-state index contributed by atoms with van der Waals surface area (Å²) in [6.07, 6.45) is -0.411. The van der Waals surface area contributed by atoms with E-state index in [1.807, 2.05) is 12.1 Å². The van der Waals surface area contributed by atoms with Crippen molar-refractivity contribution < 1.29 is 13.2 Å². The van der Waals surface area contributed by atoms with E-state index in [9.17, 15) is 13.2 Å². The maximum atomic E-state index is 12.8. The molecule has 21 heavy (non-hydrogen) atoms. The second-order valence-corrected chi connectivity index (χ2v) is 4.95. The number of halogens is 4. The number of aromatic nitrogens is 2. The first-order chi connectivity index (χ1) is 9.86. The molecule has 0 fully saturated rings. The number of rotatable bonds is 4. The first-order valence-corrected chi connectivity index (χ1v) is 6.59. The minimum Gasteiger partial charge on any atom is -0.359 e.